The van der Waals surface area contributed by atoms with Crippen molar-refractivity contribution < 1.29 is 60.4 Å². The normalized spacial score (nSPS) is 26.3. The van der Waals surface area contributed by atoms with Gasteiger partial charge in [-0.2, -0.15) is 21.4 Å². The molecule has 6 unspecified atom stereocenters. The number of aryl methyl sites for hydroxylation is 2. The van der Waals surface area contributed by atoms with Crippen LogP contribution >= 0.6 is 0 Å². The lowest BCUT2D eigenvalue weighted by atomic mass is 9.67. The van der Waals surface area contributed by atoms with Crippen molar-refractivity contribution in [1.29, 1.82) is 0 Å². The van der Waals surface area contributed by atoms with Crippen LogP contribution in [0.5, 0.6) is 0 Å². The number of aliphatic hydroxyl groups is 4. The van der Waals surface area contributed by atoms with Gasteiger partial charge in [-0.1, -0.05) is 76.6 Å². The molecule has 6 atom stereocenters. The number of fused-ring (bicyclic) bond motifs is 6. The Kier molecular flexibility index (Phi) is 16.2. The van der Waals surface area contributed by atoms with Crippen molar-refractivity contribution in [1.82, 2.24) is 0 Å². The molecule has 392 valence electrons. The minimum atomic E-state index is -4.22. The predicted molar refractivity (Wildman–Crippen MR) is 281 cm³/mol. The maximum atomic E-state index is 12.1. The number of hydrogen-bond donors (Lipinski definition) is 6. The van der Waals surface area contributed by atoms with Gasteiger partial charge < -0.3 is 34.8 Å². The molecule has 0 radical (unpaired) electrons. The molecule has 1 saturated heterocycles. The average Bonchev–Trinajstić information content (AvgIpc) is 3.77. The minimum absolute atomic E-state index is 0.190. The lowest BCUT2D eigenvalue weighted by Crippen LogP contribution is -2.58. The first kappa shape index (κ1) is 54.0. The fraction of sp³-hybridized carbons (Fsp3) is 0.554. The molecular formula is C56H75N2O12S2+. The van der Waals surface area contributed by atoms with Gasteiger partial charge in [0.25, 0.3) is 20.2 Å². The Hall–Kier alpha value is -4.23. The van der Waals surface area contributed by atoms with E-state index in [1.54, 1.807) is 0 Å². The second-order valence-electron chi connectivity index (χ2n) is 20.7. The fourth-order valence-corrected chi connectivity index (χ4v) is 13.8. The van der Waals surface area contributed by atoms with Crippen LogP contribution in [0.4, 0.5) is 11.4 Å². The molecule has 0 bridgehead atoms. The zero-order chi connectivity index (χ0) is 51.9. The smallest absolute Gasteiger partial charge is 0.265 e. The Labute approximate surface area is 426 Å². The molecule has 0 amide bonds. The van der Waals surface area contributed by atoms with Crippen LogP contribution in [0.2, 0.25) is 0 Å². The van der Waals surface area contributed by atoms with Crippen molar-refractivity contribution in [2.75, 3.05) is 36.1 Å². The highest BCUT2D eigenvalue weighted by molar-refractivity contribution is 7.86. The molecule has 5 aliphatic rings. The van der Waals surface area contributed by atoms with Gasteiger partial charge in [-0.25, -0.2) is 0 Å². The molecule has 3 heterocycles. The molecule has 72 heavy (non-hydrogen) atoms. The van der Waals surface area contributed by atoms with Crippen LogP contribution in [0, 0.1) is 6.92 Å². The zero-order valence-corrected chi connectivity index (χ0v) is 44.3. The number of nitrogens with zero attached hydrogens (tertiary/aromatic N) is 2. The standard InChI is InChI=1S/C56H74N2O12S2/c1-7-55(8-2)45(57(29-13-31-71(63,64)65)42-26-21-40-33-35(5)19-24-41(40)48(42)55)27-22-38-17-12-18-39(53(38)69-34-44-50(59)51(60)52(61)54(62)70-44)23-28-46-56(9-3,10-4)49-43(58(46)30-14-32-72(66,67)68)25-20-37-16-11-15-36(6)47(37)49/h19-28,33,36,44,50-52,54,59-62H,7-18,29-32,34H2,1-6H3,(H-,63,64,65,66,67,68)/p+1. The van der Waals surface area contributed by atoms with Gasteiger partial charge in [0, 0.05) is 47.5 Å². The first-order valence-corrected chi connectivity index (χ1v) is 29.3. The molecule has 0 spiro atoms. The van der Waals surface area contributed by atoms with Crippen molar-refractivity contribution in [2.45, 2.75) is 166 Å². The number of aliphatic hydroxyl groups excluding tert-OH is 4. The van der Waals surface area contributed by atoms with Crippen molar-refractivity contribution in [2.24, 2.45) is 0 Å². The maximum absolute atomic E-state index is 12.1. The lowest BCUT2D eigenvalue weighted by molar-refractivity contribution is -0.437. The summed E-state index contributed by atoms with van der Waals surface area (Å²) < 4.78 is 82.5. The molecular weight excluding hydrogens is 957 g/mol. The largest absolute Gasteiger partial charge is 0.490 e. The summed E-state index contributed by atoms with van der Waals surface area (Å²) in [6.07, 6.45) is 9.16. The van der Waals surface area contributed by atoms with Gasteiger partial charge in [-0.3, -0.25) is 9.11 Å². The summed E-state index contributed by atoms with van der Waals surface area (Å²) in [5.41, 5.74) is 11.2. The van der Waals surface area contributed by atoms with E-state index in [0.717, 1.165) is 102 Å². The van der Waals surface area contributed by atoms with Gasteiger partial charge in [0.05, 0.1) is 16.9 Å². The van der Waals surface area contributed by atoms with E-state index in [2.05, 4.69) is 118 Å². The molecule has 8 rings (SSSR count). The molecule has 0 aromatic heterocycles. The van der Waals surface area contributed by atoms with E-state index in [4.69, 9.17) is 9.47 Å². The van der Waals surface area contributed by atoms with E-state index < -0.39 is 67.5 Å². The zero-order valence-electron chi connectivity index (χ0n) is 42.7. The second-order valence-corrected chi connectivity index (χ2v) is 23.8. The summed E-state index contributed by atoms with van der Waals surface area (Å²) in [6, 6.07) is 15.1. The highest BCUT2D eigenvalue weighted by atomic mass is 32.2. The van der Waals surface area contributed by atoms with Crippen LogP contribution < -0.4 is 4.90 Å². The lowest BCUT2D eigenvalue weighted by Gasteiger charge is -2.38. The van der Waals surface area contributed by atoms with E-state index in [-0.39, 0.29) is 25.2 Å². The summed E-state index contributed by atoms with van der Waals surface area (Å²) in [4.78, 5) is 2.19. The monoisotopic (exact) mass is 1030 g/mol. The highest BCUT2D eigenvalue weighted by Gasteiger charge is 2.52. The summed E-state index contributed by atoms with van der Waals surface area (Å²) in [5, 5.41) is 44.8. The summed E-state index contributed by atoms with van der Waals surface area (Å²) in [6.45, 7) is 13.6. The topological polar surface area (TPSA) is 214 Å². The molecule has 16 heteroatoms. The van der Waals surface area contributed by atoms with Gasteiger partial charge in [0.1, 0.15) is 43.3 Å². The molecule has 2 aliphatic carbocycles. The van der Waals surface area contributed by atoms with Crippen molar-refractivity contribution >= 4 is 48.1 Å². The molecule has 3 aliphatic heterocycles. The Bertz CT molecular complexity index is 2930. The third kappa shape index (κ3) is 10.3. The Morgan fingerprint density at radius 2 is 1.50 bits per heavy atom. The molecule has 3 aromatic carbocycles. The first-order chi connectivity index (χ1) is 34.2. The van der Waals surface area contributed by atoms with Crippen LogP contribution in [0.1, 0.15) is 139 Å². The minimum Gasteiger partial charge on any atom is -0.490 e. The third-order valence-electron chi connectivity index (χ3n) is 16.6. The van der Waals surface area contributed by atoms with Crippen LogP contribution in [0.3, 0.4) is 0 Å². The van der Waals surface area contributed by atoms with Gasteiger partial charge in [-0.05, 0) is 140 Å². The Morgan fingerprint density at radius 1 is 0.792 bits per heavy atom. The highest BCUT2D eigenvalue weighted by Crippen LogP contribution is 2.55. The SMILES string of the molecule is CCC1(CC)C(C=CC2=C(OCC3OC(O)C(O)C(O)C3O)C(=CC=C3N(CCCS(=O)(=O)O)c4ccc5cc(C)ccc5c4C3(CC)CC)CCC2)=[N+](CCCS(=O)(=O)O)c2ccc3c(c21)C(C)CCC3. The number of allylic oxidation sites excluding steroid dienone is 7. The van der Waals surface area contributed by atoms with Crippen LogP contribution in [-0.4, -0.2) is 119 Å². The number of rotatable bonds is 18. The summed E-state index contributed by atoms with van der Waals surface area (Å²) >= 11 is 0. The third-order valence-corrected chi connectivity index (χ3v) is 18.2. The molecule has 14 nitrogen and oxygen atoms in total. The van der Waals surface area contributed by atoms with Gasteiger partial charge in [0.2, 0.25) is 5.69 Å². The van der Waals surface area contributed by atoms with Gasteiger partial charge in [-0.15, -0.1) is 0 Å². The molecule has 0 saturated carbocycles. The van der Waals surface area contributed by atoms with Crippen molar-refractivity contribution in [3.05, 3.63) is 117 Å². The Morgan fingerprint density at radius 3 is 2.19 bits per heavy atom. The van der Waals surface area contributed by atoms with E-state index in [9.17, 15) is 46.4 Å². The predicted octanol–water partition coefficient (Wildman–Crippen LogP) is 8.50. The molecule has 3 aromatic rings. The van der Waals surface area contributed by atoms with Crippen LogP contribution in [0.25, 0.3) is 10.8 Å². The van der Waals surface area contributed by atoms with Gasteiger partial charge >= 0.3 is 0 Å². The van der Waals surface area contributed by atoms with Gasteiger partial charge in [0.15, 0.2) is 12.0 Å². The van der Waals surface area contributed by atoms with Crippen LogP contribution in [0.15, 0.2) is 89.4 Å². The molecule has 1 fully saturated rings. The van der Waals surface area contributed by atoms with Crippen molar-refractivity contribution in [3.8, 4) is 0 Å². The van der Waals surface area contributed by atoms with E-state index in [0.29, 0.717) is 37.6 Å². The molecule has 6 N–H and O–H groups in total. The summed E-state index contributed by atoms with van der Waals surface area (Å²) in [7, 11) is -8.43. The van der Waals surface area contributed by atoms with Crippen molar-refractivity contribution in [3.63, 3.8) is 0 Å². The van der Waals surface area contributed by atoms with E-state index in [1.165, 1.54) is 22.3 Å². The van der Waals surface area contributed by atoms with Crippen LogP contribution in [-0.2, 0) is 47.0 Å². The number of benzene rings is 3. The van der Waals surface area contributed by atoms with E-state index >= 15 is 0 Å². The maximum Gasteiger partial charge on any atom is 0.265 e. The average molecular weight is 1030 g/mol. The quantitative estimate of drug-likeness (QED) is 0.0522. The number of hydrogen-bond acceptors (Lipinski definition) is 11. The van der Waals surface area contributed by atoms with E-state index in [1.807, 2.05) is 0 Å². The number of ether oxygens (including phenoxy) is 2. The first-order valence-electron chi connectivity index (χ1n) is 26.1. The Balaban J connectivity index is 1.29. The fourth-order valence-electron chi connectivity index (χ4n) is 12.8. The summed E-state index contributed by atoms with van der Waals surface area (Å²) in [5.74, 6) is 0.113. The number of anilines is 1. The second kappa shape index (κ2) is 21.5.